The van der Waals surface area contributed by atoms with Crippen molar-refractivity contribution in [2.75, 3.05) is 13.2 Å². The van der Waals surface area contributed by atoms with E-state index in [9.17, 15) is 9.18 Å². The minimum absolute atomic E-state index is 0.00187. The Morgan fingerprint density at radius 1 is 1.29 bits per heavy atom. The number of nitrogens with one attached hydrogen (secondary N) is 1. The Balaban J connectivity index is 1.66. The van der Waals surface area contributed by atoms with Gasteiger partial charge in [-0.1, -0.05) is 26.0 Å². The molecule has 132 valence electrons. The summed E-state index contributed by atoms with van der Waals surface area (Å²) in [5.41, 5.74) is 1.02. The average molecular weight is 335 g/mol. The zero-order valence-electron chi connectivity index (χ0n) is 14.4. The van der Waals surface area contributed by atoms with Gasteiger partial charge in [0.05, 0.1) is 19.1 Å². The fourth-order valence-electron chi connectivity index (χ4n) is 3.70. The summed E-state index contributed by atoms with van der Waals surface area (Å²) in [7, 11) is 0. The van der Waals surface area contributed by atoms with E-state index in [-0.39, 0.29) is 29.6 Å². The van der Waals surface area contributed by atoms with Gasteiger partial charge in [-0.05, 0) is 42.9 Å². The highest BCUT2D eigenvalue weighted by atomic mass is 19.1. The Morgan fingerprint density at radius 3 is 2.58 bits per heavy atom. The predicted molar refractivity (Wildman–Crippen MR) is 88.8 cm³/mol. The average Bonchev–Trinajstić information content (AvgIpc) is 3.19. The molecule has 1 aliphatic carbocycles. The minimum Gasteiger partial charge on any atom is -0.352 e. The van der Waals surface area contributed by atoms with Crippen molar-refractivity contribution >= 4 is 5.91 Å². The molecule has 3 rings (SSSR count). The van der Waals surface area contributed by atoms with Gasteiger partial charge in [-0.25, -0.2) is 4.39 Å². The van der Waals surface area contributed by atoms with Gasteiger partial charge in [0.15, 0.2) is 5.79 Å². The van der Waals surface area contributed by atoms with Crippen LogP contribution in [0.5, 0.6) is 0 Å². The molecule has 0 radical (unpaired) electrons. The van der Waals surface area contributed by atoms with E-state index < -0.39 is 5.79 Å². The van der Waals surface area contributed by atoms with Crippen LogP contribution in [0, 0.1) is 17.7 Å². The van der Waals surface area contributed by atoms with Crippen LogP contribution >= 0.6 is 0 Å². The molecule has 0 aromatic heterocycles. The molecule has 1 amide bonds. The number of amides is 1. The third-order valence-electron chi connectivity index (χ3n) is 5.14. The largest absolute Gasteiger partial charge is 0.352 e. The number of ether oxygens (including phenoxy) is 2. The summed E-state index contributed by atoms with van der Waals surface area (Å²) in [6.45, 7) is 5.29. The number of hydrogen-bond acceptors (Lipinski definition) is 3. The normalized spacial score (nSPS) is 23.8. The predicted octanol–water partition coefficient (Wildman–Crippen LogP) is 3.05. The van der Waals surface area contributed by atoms with Crippen molar-refractivity contribution in [1.82, 2.24) is 5.32 Å². The Bertz CT molecular complexity index is 561. The number of hydrogen-bond donors (Lipinski definition) is 1. The van der Waals surface area contributed by atoms with E-state index >= 15 is 0 Å². The molecule has 1 spiro atoms. The van der Waals surface area contributed by atoms with Crippen molar-refractivity contribution in [2.45, 2.75) is 51.4 Å². The van der Waals surface area contributed by atoms with Gasteiger partial charge < -0.3 is 14.8 Å². The first-order valence-electron chi connectivity index (χ1n) is 8.83. The molecule has 24 heavy (non-hydrogen) atoms. The molecule has 1 heterocycles. The zero-order valence-corrected chi connectivity index (χ0v) is 14.4. The molecular weight excluding hydrogens is 309 g/mol. The second-order valence-electron chi connectivity index (χ2n) is 7.14. The quantitative estimate of drug-likeness (QED) is 0.900. The maximum atomic E-state index is 13.1. The van der Waals surface area contributed by atoms with E-state index in [1.54, 1.807) is 12.1 Å². The number of carbonyl (C=O) groups excluding carboxylic acids is 1. The third kappa shape index (κ3) is 3.62. The standard InChI is InChI=1S/C19H26FNO3/c1-13(2)17(12-14-5-7-15(20)8-6-14)21-18(22)16-4-3-9-19(16)23-10-11-24-19/h5-8,13,16-17H,3-4,9-12H2,1-2H3,(H,21,22). The molecule has 1 saturated carbocycles. The minimum atomic E-state index is -0.707. The van der Waals surface area contributed by atoms with Gasteiger partial charge in [0.2, 0.25) is 5.91 Å². The van der Waals surface area contributed by atoms with E-state index in [1.807, 2.05) is 0 Å². The number of rotatable bonds is 5. The zero-order chi connectivity index (χ0) is 17.2. The monoisotopic (exact) mass is 335 g/mol. The first kappa shape index (κ1) is 17.4. The van der Waals surface area contributed by atoms with Crippen LogP contribution in [0.3, 0.4) is 0 Å². The van der Waals surface area contributed by atoms with Crippen molar-refractivity contribution in [1.29, 1.82) is 0 Å². The lowest BCUT2D eigenvalue weighted by Crippen LogP contribution is -2.49. The summed E-state index contributed by atoms with van der Waals surface area (Å²) in [5.74, 6) is -0.902. The topological polar surface area (TPSA) is 47.6 Å². The number of carbonyl (C=O) groups is 1. The lowest BCUT2D eigenvalue weighted by Gasteiger charge is -2.31. The van der Waals surface area contributed by atoms with E-state index in [2.05, 4.69) is 19.2 Å². The maximum Gasteiger partial charge on any atom is 0.228 e. The van der Waals surface area contributed by atoms with E-state index in [0.717, 1.165) is 24.8 Å². The Morgan fingerprint density at radius 2 is 1.96 bits per heavy atom. The van der Waals surface area contributed by atoms with Crippen LogP contribution in [0.15, 0.2) is 24.3 Å². The summed E-state index contributed by atoms with van der Waals surface area (Å²) < 4.78 is 24.6. The molecule has 5 heteroatoms. The number of halogens is 1. The Labute approximate surface area is 142 Å². The molecule has 1 saturated heterocycles. The van der Waals surface area contributed by atoms with Crippen LogP contribution in [-0.2, 0) is 20.7 Å². The SMILES string of the molecule is CC(C)C(Cc1ccc(F)cc1)NC(=O)C1CCCC12OCCO2. The van der Waals surface area contributed by atoms with Gasteiger partial charge in [-0.3, -0.25) is 4.79 Å². The fraction of sp³-hybridized carbons (Fsp3) is 0.632. The molecular formula is C19H26FNO3. The molecule has 2 aliphatic rings. The van der Waals surface area contributed by atoms with Gasteiger partial charge in [0.25, 0.3) is 0 Å². The van der Waals surface area contributed by atoms with Gasteiger partial charge in [-0.15, -0.1) is 0 Å². The van der Waals surface area contributed by atoms with E-state index in [1.165, 1.54) is 12.1 Å². The van der Waals surface area contributed by atoms with Crippen LogP contribution < -0.4 is 5.32 Å². The van der Waals surface area contributed by atoms with Crippen LogP contribution in [0.4, 0.5) is 4.39 Å². The molecule has 4 nitrogen and oxygen atoms in total. The molecule has 2 unspecified atom stereocenters. The second-order valence-corrected chi connectivity index (χ2v) is 7.14. The van der Waals surface area contributed by atoms with Gasteiger partial charge in [0, 0.05) is 12.5 Å². The van der Waals surface area contributed by atoms with Gasteiger partial charge in [-0.2, -0.15) is 0 Å². The van der Waals surface area contributed by atoms with Crippen molar-refractivity contribution < 1.29 is 18.7 Å². The molecule has 1 N–H and O–H groups in total. The highest BCUT2D eigenvalue weighted by Gasteiger charge is 2.51. The lowest BCUT2D eigenvalue weighted by molar-refractivity contribution is -0.187. The van der Waals surface area contributed by atoms with Crippen molar-refractivity contribution in [3.63, 3.8) is 0 Å². The molecule has 2 fully saturated rings. The molecule has 1 aliphatic heterocycles. The molecule has 1 aromatic carbocycles. The smallest absolute Gasteiger partial charge is 0.228 e. The van der Waals surface area contributed by atoms with Crippen LogP contribution in [0.25, 0.3) is 0 Å². The van der Waals surface area contributed by atoms with E-state index in [4.69, 9.17) is 9.47 Å². The molecule has 2 atom stereocenters. The number of benzene rings is 1. The highest BCUT2D eigenvalue weighted by Crippen LogP contribution is 2.42. The summed E-state index contributed by atoms with van der Waals surface area (Å²) in [5, 5.41) is 3.18. The van der Waals surface area contributed by atoms with Crippen LogP contribution in [0.2, 0.25) is 0 Å². The van der Waals surface area contributed by atoms with Crippen molar-refractivity contribution in [2.24, 2.45) is 11.8 Å². The molecule has 1 aromatic rings. The lowest BCUT2D eigenvalue weighted by atomic mass is 9.94. The maximum absolute atomic E-state index is 13.1. The summed E-state index contributed by atoms with van der Waals surface area (Å²) in [6, 6.07) is 6.47. The summed E-state index contributed by atoms with van der Waals surface area (Å²) in [6.07, 6.45) is 3.22. The van der Waals surface area contributed by atoms with Crippen molar-refractivity contribution in [3.05, 3.63) is 35.6 Å². The second kappa shape index (κ2) is 7.19. The van der Waals surface area contributed by atoms with Gasteiger partial charge in [0.1, 0.15) is 5.82 Å². The fourth-order valence-corrected chi connectivity index (χ4v) is 3.70. The van der Waals surface area contributed by atoms with Crippen LogP contribution in [0.1, 0.15) is 38.7 Å². The highest BCUT2D eigenvalue weighted by molar-refractivity contribution is 5.80. The first-order chi connectivity index (χ1) is 11.5. The van der Waals surface area contributed by atoms with Crippen molar-refractivity contribution in [3.8, 4) is 0 Å². The third-order valence-corrected chi connectivity index (χ3v) is 5.14. The molecule has 0 bridgehead atoms. The Hall–Kier alpha value is -1.46. The summed E-state index contributed by atoms with van der Waals surface area (Å²) in [4.78, 5) is 12.8. The Kier molecular flexibility index (Phi) is 5.21. The van der Waals surface area contributed by atoms with E-state index in [0.29, 0.717) is 19.6 Å². The summed E-state index contributed by atoms with van der Waals surface area (Å²) >= 11 is 0. The van der Waals surface area contributed by atoms with Crippen LogP contribution in [-0.4, -0.2) is 30.9 Å². The first-order valence-corrected chi connectivity index (χ1v) is 8.83. The van der Waals surface area contributed by atoms with Gasteiger partial charge >= 0.3 is 0 Å².